The van der Waals surface area contributed by atoms with Crippen molar-refractivity contribution in [3.63, 3.8) is 0 Å². The van der Waals surface area contributed by atoms with Gasteiger partial charge in [-0.05, 0) is 30.3 Å². The Kier molecular flexibility index (Phi) is 2.87. The van der Waals surface area contributed by atoms with Gasteiger partial charge in [0, 0.05) is 11.2 Å². The van der Waals surface area contributed by atoms with Gasteiger partial charge in [-0.3, -0.25) is 4.40 Å². The minimum atomic E-state index is -1.08. The van der Waals surface area contributed by atoms with E-state index in [0.29, 0.717) is 5.65 Å². The number of carboxylic acids is 1. The number of hydrogen-bond acceptors (Lipinski definition) is 3. The molecule has 5 nitrogen and oxygen atoms in total. The number of aromatic carboxylic acids is 1. The van der Waals surface area contributed by atoms with Crippen LogP contribution in [-0.4, -0.2) is 25.7 Å². The number of aromatic nitrogens is 3. The second-order valence-corrected chi connectivity index (χ2v) is 4.54. The number of rotatable bonds is 2. The first-order chi connectivity index (χ1) is 9.56. The number of benzene rings is 1. The van der Waals surface area contributed by atoms with Crippen LogP contribution in [0.5, 0.6) is 0 Å². The van der Waals surface area contributed by atoms with E-state index in [9.17, 15) is 9.18 Å². The number of carboxylic acid groups (broad SMARTS) is 1. The van der Waals surface area contributed by atoms with Gasteiger partial charge < -0.3 is 5.11 Å². The predicted molar refractivity (Wildman–Crippen MR) is 70.4 cm³/mol. The number of halogens is 2. The molecule has 0 amide bonds. The maximum Gasteiger partial charge on any atom is 0.337 e. The quantitative estimate of drug-likeness (QED) is 0.788. The normalized spacial score (nSPS) is 10.9. The summed E-state index contributed by atoms with van der Waals surface area (Å²) in [6.45, 7) is 0. The van der Waals surface area contributed by atoms with Crippen LogP contribution in [0.2, 0.25) is 5.02 Å². The number of hydrogen-bond donors (Lipinski definition) is 1. The number of fused-ring (bicyclic) bond motifs is 1. The van der Waals surface area contributed by atoms with Crippen LogP contribution < -0.4 is 0 Å². The summed E-state index contributed by atoms with van der Waals surface area (Å²) in [5.41, 5.74) is 0.691. The molecule has 3 rings (SSSR count). The van der Waals surface area contributed by atoms with Crippen molar-refractivity contribution in [2.75, 3.05) is 0 Å². The molecule has 1 N–H and O–H groups in total. The molecule has 20 heavy (non-hydrogen) atoms. The smallest absolute Gasteiger partial charge is 0.337 e. The van der Waals surface area contributed by atoms with Crippen LogP contribution in [0.1, 0.15) is 10.4 Å². The number of carbonyl (C=O) groups is 1. The molecule has 0 saturated carbocycles. The first kappa shape index (κ1) is 12.6. The second kappa shape index (κ2) is 4.57. The Bertz CT molecular complexity index is 832. The minimum Gasteiger partial charge on any atom is -0.478 e. The Labute approximate surface area is 117 Å². The monoisotopic (exact) mass is 291 g/mol. The van der Waals surface area contributed by atoms with Crippen LogP contribution in [0, 0.1) is 5.82 Å². The Morgan fingerprint density at radius 2 is 2.05 bits per heavy atom. The average molecular weight is 292 g/mol. The summed E-state index contributed by atoms with van der Waals surface area (Å²) < 4.78 is 15.3. The highest BCUT2D eigenvalue weighted by Crippen LogP contribution is 2.24. The van der Waals surface area contributed by atoms with Gasteiger partial charge in [-0.15, -0.1) is 10.2 Å². The molecule has 0 aliphatic heterocycles. The second-order valence-electron chi connectivity index (χ2n) is 4.10. The predicted octanol–water partition coefficient (Wildman–Crippen LogP) is 2.89. The van der Waals surface area contributed by atoms with E-state index in [1.54, 1.807) is 0 Å². The molecule has 0 radical (unpaired) electrons. The minimum absolute atomic E-state index is 0.0629. The Morgan fingerprint density at radius 1 is 1.25 bits per heavy atom. The molecular weight excluding hydrogens is 285 g/mol. The molecule has 100 valence electrons. The first-order valence-corrected chi connectivity index (χ1v) is 5.97. The van der Waals surface area contributed by atoms with E-state index in [1.165, 1.54) is 40.9 Å². The molecule has 0 spiro atoms. The molecule has 0 fully saturated rings. The molecule has 0 aliphatic rings. The van der Waals surface area contributed by atoms with Crippen molar-refractivity contribution in [2.24, 2.45) is 0 Å². The summed E-state index contributed by atoms with van der Waals surface area (Å²) >= 11 is 5.70. The van der Waals surface area contributed by atoms with E-state index in [0.717, 1.165) is 0 Å². The Hall–Kier alpha value is -2.47. The lowest BCUT2D eigenvalue weighted by Crippen LogP contribution is -2.00. The van der Waals surface area contributed by atoms with Crippen molar-refractivity contribution in [2.45, 2.75) is 0 Å². The molecule has 0 atom stereocenters. The van der Waals surface area contributed by atoms with Crippen LogP contribution in [0.25, 0.3) is 17.0 Å². The van der Waals surface area contributed by atoms with E-state index >= 15 is 0 Å². The first-order valence-electron chi connectivity index (χ1n) is 5.60. The molecule has 0 unspecified atom stereocenters. The van der Waals surface area contributed by atoms with Gasteiger partial charge in [-0.25, -0.2) is 9.18 Å². The third-order valence-corrected chi connectivity index (χ3v) is 3.06. The largest absolute Gasteiger partial charge is 0.478 e. The van der Waals surface area contributed by atoms with Crippen LogP contribution >= 0.6 is 11.6 Å². The zero-order chi connectivity index (χ0) is 14.3. The maximum absolute atomic E-state index is 13.9. The summed E-state index contributed by atoms with van der Waals surface area (Å²) in [5, 5.41) is 17.0. The lowest BCUT2D eigenvalue weighted by atomic mass is 10.2. The van der Waals surface area contributed by atoms with Crippen molar-refractivity contribution in [3.8, 4) is 11.4 Å². The van der Waals surface area contributed by atoms with Crippen molar-refractivity contribution in [1.29, 1.82) is 0 Å². The molecule has 0 bridgehead atoms. The average Bonchev–Trinajstić information content (AvgIpc) is 2.81. The highest BCUT2D eigenvalue weighted by molar-refractivity contribution is 6.30. The van der Waals surface area contributed by atoms with Gasteiger partial charge in [-0.2, -0.15) is 0 Å². The van der Waals surface area contributed by atoms with Gasteiger partial charge in [0.05, 0.1) is 11.1 Å². The summed E-state index contributed by atoms with van der Waals surface area (Å²) in [6.07, 6.45) is 1.35. The fourth-order valence-electron chi connectivity index (χ4n) is 1.87. The Morgan fingerprint density at radius 3 is 2.75 bits per heavy atom. The van der Waals surface area contributed by atoms with Crippen molar-refractivity contribution in [3.05, 3.63) is 52.9 Å². The van der Waals surface area contributed by atoms with E-state index in [2.05, 4.69) is 10.2 Å². The molecule has 2 aromatic heterocycles. The molecule has 3 aromatic rings. The third-order valence-electron chi connectivity index (χ3n) is 2.82. The van der Waals surface area contributed by atoms with Gasteiger partial charge in [0.25, 0.3) is 0 Å². The third kappa shape index (κ3) is 2.00. The highest BCUT2D eigenvalue weighted by atomic mass is 35.5. The van der Waals surface area contributed by atoms with Crippen LogP contribution in [0.4, 0.5) is 4.39 Å². The summed E-state index contributed by atoms with van der Waals surface area (Å²) in [4.78, 5) is 11.0. The molecule has 2 heterocycles. The number of nitrogens with zero attached hydrogens (tertiary/aromatic N) is 3. The van der Waals surface area contributed by atoms with Crippen LogP contribution in [-0.2, 0) is 0 Å². The van der Waals surface area contributed by atoms with E-state index in [1.807, 2.05) is 0 Å². The molecule has 0 aliphatic carbocycles. The van der Waals surface area contributed by atoms with Gasteiger partial charge in [0.1, 0.15) is 5.82 Å². The standard InChI is InChI=1S/C13H7ClFN3O2/c14-8-2-3-9(10(15)5-8)12-17-16-11-4-1-7(13(19)20)6-18(11)12/h1-6H,(H,19,20). The van der Waals surface area contributed by atoms with Crippen molar-refractivity contribution in [1.82, 2.24) is 14.6 Å². The lowest BCUT2D eigenvalue weighted by molar-refractivity contribution is 0.0696. The Balaban J connectivity index is 2.25. The topological polar surface area (TPSA) is 67.5 Å². The van der Waals surface area contributed by atoms with Gasteiger partial charge in [0.15, 0.2) is 11.5 Å². The van der Waals surface area contributed by atoms with E-state index < -0.39 is 11.8 Å². The molecule has 1 aromatic carbocycles. The van der Waals surface area contributed by atoms with Gasteiger partial charge >= 0.3 is 5.97 Å². The zero-order valence-corrected chi connectivity index (χ0v) is 10.7. The fraction of sp³-hybridized carbons (Fsp3) is 0. The lowest BCUT2D eigenvalue weighted by Gasteiger charge is -2.03. The van der Waals surface area contributed by atoms with E-state index in [-0.39, 0.29) is 22.0 Å². The SMILES string of the molecule is O=C(O)c1ccc2nnc(-c3ccc(Cl)cc3F)n2c1. The van der Waals surface area contributed by atoms with Crippen molar-refractivity contribution >= 4 is 23.2 Å². The van der Waals surface area contributed by atoms with Gasteiger partial charge in [0.2, 0.25) is 0 Å². The molecule has 0 saturated heterocycles. The van der Waals surface area contributed by atoms with E-state index in [4.69, 9.17) is 16.7 Å². The van der Waals surface area contributed by atoms with Crippen LogP contribution in [0.15, 0.2) is 36.5 Å². The summed E-state index contributed by atoms with van der Waals surface area (Å²) in [6, 6.07) is 7.09. The molecular formula is C13H7ClFN3O2. The van der Waals surface area contributed by atoms with Gasteiger partial charge in [-0.1, -0.05) is 11.6 Å². The summed E-state index contributed by atoms with van der Waals surface area (Å²) in [7, 11) is 0. The summed E-state index contributed by atoms with van der Waals surface area (Å²) in [5.74, 6) is -1.41. The number of pyridine rings is 1. The maximum atomic E-state index is 13.9. The highest BCUT2D eigenvalue weighted by Gasteiger charge is 2.14. The van der Waals surface area contributed by atoms with Crippen molar-refractivity contribution < 1.29 is 14.3 Å². The molecule has 7 heteroatoms. The van der Waals surface area contributed by atoms with Crippen LogP contribution in [0.3, 0.4) is 0 Å². The zero-order valence-electron chi connectivity index (χ0n) is 9.92. The fourth-order valence-corrected chi connectivity index (χ4v) is 2.03.